The predicted molar refractivity (Wildman–Crippen MR) is 62.3 cm³/mol. The molecule has 0 aromatic carbocycles. The third-order valence-corrected chi connectivity index (χ3v) is 3.13. The number of carbonyl (C=O) groups is 1. The van der Waals surface area contributed by atoms with Crippen LogP contribution in [0.15, 0.2) is 0 Å². The molecule has 0 radical (unpaired) electrons. The van der Waals surface area contributed by atoms with Gasteiger partial charge in [-0.25, -0.2) is 0 Å². The first kappa shape index (κ1) is 13.5. The summed E-state index contributed by atoms with van der Waals surface area (Å²) in [7, 11) is 1.76. The van der Waals surface area contributed by atoms with E-state index in [-0.39, 0.29) is 12.0 Å². The Morgan fingerprint density at radius 2 is 2.00 bits per heavy atom. The van der Waals surface area contributed by atoms with E-state index in [4.69, 9.17) is 9.47 Å². The summed E-state index contributed by atoms with van der Waals surface area (Å²) < 4.78 is 10.3. The summed E-state index contributed by atoms with van der Waals surface area (Å²) >= 11 is 0. The molecule has 1 atom stereocenters. The first-order valence-corrected chi connectivity index (χ1v) is 6.12. The molecule has 1 saturated carbocycles. The Bertz CT molecular complexity index is 212. The van der Waals surface area contributed by atoms with E-state index in [1.54, 1.807) is 7.11 Å². The minimum absolute atomic E-state index is 0.156. The molecule has 1 aliphatic rings. The van der Waals surface area contributed by atoms with Crippen molar-refractivity contribution in [1.29, 1.82) is 0 Å². The summed E-state index contributed by atoms with van der Waals surface area (Å²) in [6.07, 6.45) is 4.69. The second-order valence-electron chi connectivity index (χ2n) is 4.35. The topological polar surface area (TPSA) is 47.6 Å². The molecule has 1 N–H and O–H groups in total. The van der Waals surface area contributed by atoms with Gasteiger partial charge in [0, 0.05) is 13.2 Å². The Hall–Kier alpha value is -0.610. The summed E-state index contributed by atoms with van der Waals surface area (Å²) in [4.78, 5) is 11.4. The number of hydrogen-bond donors (Lipinski definition) is 1. The van der Waals surface area contributed by atoms with Gasteiger partial charge in [-0.1, -0.05) is 0 Å². The number of nitrogens with one attached hydrogen (secondary N) is 1. The third kappa shape index (κ3) is 4.10. The lowest BCUT2D eigenvalue weighted by molar-refractivity contribution is -0.145. The fourth-order valence-corrected chi connectivity index (χ4v) is 2.15. The molecule has 0 saturated heterocycles. The zero-order valence-electron chi connectivity index (χ0n) is 10.5. The molecule has 16 heavy (non-hydrogen) atoms. The Kier molecular flexibility index (Phi) is 5.77. The summed E-state index contributed by atoms with van der Waals surface area (Å²) in [6.45, 7) is 4.14. The summed E-state index contributed by atoms with van der Waals surface area (Å²) in [5.41, 5.74) is 0. The number of methoxy groups -OCH3 is 1. The molecular weight excluding hydrogens is 206 g/mol. The van der Waals surface area contributed by atoms with Crippen molar-refractivity contribution in [1.82, 2.24) is 5.32 Å². The van der Waals surface area contributed by atoms with Crippen molar-refractivity contribution in [3.05, 3.63) is 0 Å². The standard InChI is InChI=1S/C12H23NO3/c1-4-16-12(14)9(2)13-10-5-7-11(15-3)8-6-10/h9-11,13H,4-8H2,1-3H3. The number of rotatable bonds is 5. The molecule has 1 rings (SSSR count). The van der Waals surface area contributed by atoms with Gasteiger partial charge in [-0.05, 0) is 39.5 Å². The molecule has 94 valence electrons. The number of hydrogen-bond acceptors (Lipinski definition) is 4. The number of carbonyl (C=O) groups excluding carboxylic acids is 1. The monoisotopic (exact) mass is 229 g/mol. The lowest BCUT2D eigenvalue weighted by Crippen LogP contribution is -2.44. The second-order valence-corrected chi connectivity index (χ2v) is 4.35. The Morgan fingerprint density at radius 3 is 2.50 bits per heavy atom. The SMILES string of the molecule is CCOC(=O)C(C)NC1CCC(OC)CC1. The van der Waals surface area contributed by atoms with Gasteiger partial charge in [0.2, 0.25) is 0 Å². The highest BCUT2D eigenvalue weighted by atomic mass is 16.5. The molecule has 0 bridgehead atoms. The van der Waals surface area contributed by atoms with Gasteiger partial charge < -0.3 is 14.8 Å². The van der Waals surface area contributed by atoms with Crippen molar-refractivity contribution < 1.29 is 14.3 Å². The van der Waals surface area contributed by atoms with Gasteiger partial charge in [0.25, 0.3) is 0 Å². The smallest absolute Gasteiger partial charge is 0.322 e. The van der Waals surface area contributed by atoms with Crippen molar-refractivity contribution in [3.8, 4) is 0 Å². The summed E-state index contributed by atoms with van der Waals surface area (Å²) in [5, 5.41) is 3.32. The maximum Gasteiger partial charge on any atom is 0.322 e. The quantitative estimate of drug-likeness (QED) is 0.725. The maximum atomic E-state index is 11.4. The van der Waals surface area contributed by atoms with Gasteiger partial charge in [-0.15, -0.1) is 0 Å². The molecule has 4 nitrogen and oxygen atoms in total. The van der Waals surface area contributed by atoms with Crippen LogP contribution < -0.4 is 5.32 Å². The molecule has 0 spiro atoms. The van der Waals surface area contributed by atoms with Gasteiger partial charge in [0.15, 0.2) is 0 Å². The first-order valence-electron chi connectivity index (χ1n) is 6.12. The van der Waals surface area contributed by atoms with Crippen LogP contribution in [0.5, 0.6) is 0 Å². The normalized spacial score (nSPS) is 27.4. The van der Waals surface area contributed by atoms with Gasteiger partial charge in [-0.2, -0.15) is 0 Å². The van der Waals surface area contributed by atoms with Crippen LogP contribution in [0, 0.1) is 0 Å². The molecule has 4 heteroatoms. The van der Waals surface area contributed by atoms with Gasteiger partial charge >= 0.3 is 5.97 Å². The molecular formula is C12H23NO3. The average molecular weight is 229 g/mol. The van der Waals surface area contributed by atoms with Crippen LogP contribution >= 0.6 is 0 Å². The average Bonchev–Trinajstić information content (AvgIpc) is 2.30. The summed E-state index contributed by atoms with van der Waals surface area (Å²) in [5.74, 6) is -0.156. The van der Waals surface area contributed by atoms with Gasteiger partial charge in [-0.3, -0.25) is 4.79 Å². The van der Waals surface area contributed by atoms with Crippen LogP contribution in [0.1, 0.15) is 39.5 Å². The van der Waals surface area contributed by atoms with Crippen molar-refractivity contribution in [2.75, 3.05) is 13.7 Å². The Labute approximate surface area is 97.7 Å². The highest BCUT2D eigenvalue weighted by Crippen LogP contribution is 2.20. The molecule has 1 fully saturated rings. The van der Waals surface area contributed by atoms with Crippen LogP contribution in [0.4, 0.5) is 0 Å². The van der Waals surface area contributed by atoms with Crippen LogP contribution in [-0.2, 0) is 14.3 Å². The van der Waals surface area contributed by atoms with Gasteiger partial charge in [0.05, 0.1) is 12.7 Å². The van der Waals surface area contributed by atoms with E-state index < -0.39 is 0 Å². The highest BCUT2D eigenvalue weighted by molar-refractivity contribution is 5.75. The minimum atomic E-state index is -0.205. The van der Waals surface area contributed by atoms with E-state index in [9.17, 15) is 4.79 Å². The van der Waals surface area contributed by atoms with Crippen molar-refractivity contribution >= 4 is 5.97 Å². The maximum absolute atomic E-state index is 11.4. The van der Waals surface area contributed by atoms with E-state index in [0.29, 0.717) is 18.8 Å². The molecule has 0 aromatic rings. The zero-order chi connectivity index (χ0) is 12.0. The zero-order valence-corrected chi connectivity index (χ0v) is 10.5. The number of ether oxygens (including phenoxy) is 2. The lowest BCUT2D eigenvalue weighted by atomic mass is 9.92. The fraction of sp³-hybridized carbons (Fsp3) is 0.917. The van der Waals surface area contributed by atoms with E-state index >= 15 is 0 Å². The van der Waals surface area contributed by atoms with Gasteiger partial charge in [0.1, 0.15) is 6.04 Å². The van der Waals surface area contributed by atoms with Crippen LogP contribution in [-0.4, -0.2) is 37.9 Å². The second kappa shape index (κ2) is 6.86. The molecule has 1 unspecified atom stereocenters. The van der Waals surface area contributed by atoms with Crippen LogP contribution in [0.2, 0.25) is 0 Å². The van der Waals surface area contributed by atoms with E-state index in [2.05, 4.69) is 5.32 Å². The Morgan fingerprint density at radius 1 is 1.38 bits per heavy atom. The van der Waals surface area contributed by atoms with Crippen molar-refractivity contribution in [3.63, 3.8) is 0 Å². The minimum Gasteiger partial charge on any atom is -0.465 e. The molecule has 0 amide bonds. The fourth-order valence-electron chi connectivity index (χ4n) is 2.15. The largest absolute Gasteiger partial charge is 0.465 e. The lowest BCUT2D eigenvalue weighted by Gasteiger charge is -2.29. The first-order chi connectivity index (χ1) is 7.67. The van der Waals surface area contributed by atoms with E-state index in [1.165, 1.54) is 0 Å². The molecule has 1 aliphatic carbocycles. The predicted octanol–water partition coefficient (Wildman–Crippen LogP) is 1.49. The number of esters is 1. The van der Waals surface area contributed by atoms with E-state index in [1.807, 2.05) is 13.8 Å². The third-order valence-electron chi connectivity index (χ3n) is 3.13. The van der Waals surface area contributed by atoms with E-state index in [0.717, 1.165) is 25.7 Å². The molecule has 0 aromatic heterocycles. The highest BCUT2D eigenvalue weighted by Gasteiger charge is 2.24. The summed E-state index contributed by atoms with van der Waals surface area (Å²) in [6, 6.07) is 0.217. The van der Waals surface area contributed by atoms with Crippen molar-refractivity contribution in [2.45, 2.75) is 57.7 Å². The van der Waals surface area contributed by atoms with Crippen LogP contribution in [0.3, 0.4) is 0 Å². The Balaban J connectivity index is 2.25. The van der Waals surface area contributed by atoms with Crippen LogP contribution in [0.25, 0.3) is 0 Å². The molecule has 0 aliphatic heterocycles. The van der Waals surface area contributed by atoms with Crippen molar-refractivity contribution in [2.24, 2.45) is 0 Å². The molecule has 0 heterocycles.